The molecule has 1 aliphatic heterocycles. The van der Waals surface area contributed by atoms with E-state index in [0.717, 1.165) is 23.4 Å². The average molecular weight is 445 g/mol. The largest absolute Gasteiger partial charge is 0.494 e. The first-order chi connectivity index (χ1) is 16.2. The number of aryl methyl sites for hydroxylation is 1. The summed E-state index contributed by atoms with van der Waals surface area (Å²) in [6.07, 6.45) is 2.95. The van der Waals surface area contributed by atoms with Crippen molar-refractivity contribution in [1.29, 1.82) is 0 Å². The van der Waals surface area contributed by atoms with Gasteiger partial charge in [-0.2, -0.15) is 0 Å². The van der Waals surface area contributed by atoms with Crippen molar-refractivity contribution in [2.24, 2.45) is 0 Å². The summed E-state index contributed by atoms with van der Waals surface area (Å²) in [5.41, 5.74) is 3.81. The molecule has 170 valence electrons. The molecule has 0 bridgehead atoms. The number of benzene rings is 3. The highest BCUT2D eigenvalue weighted by molar-refractivity contribution is 5.94. The summed E-state index contributed by atoms with van der Waals surface area (Å²) in [6.45, 7) is 0.975. The first-order valence-corrected chi connectivity index (χ1v) is 11.3. The highest BCUT2D eigenvalue weighted by atomic mass is 16.5. The molecule has 3 aromatic rings. The van der Waals surface area contributed by atoms with E-state index in [0.29, 0.717) is 50.3 Å². The molecule has 0 radical (unpaired) electrons. The van der Waals surface area contributed by atoms with E-state index in [-0.39, 0.29) is 11.8 Å². The van der Waals surface area contributed by atoms with Gasteiger partial charge in [-0.15, -0.1) is 0 Å². The van der Waals surface area contributed by atoms with Crippen molar-refractivity contribution in [3.63, 3.8) is 0 Å². The third-order valence-corrected chi connectivity index (χ3v) is 5.44. The fourth-order valence-corrected chi connectivity index (χ4v) is 3.70. The number of hydrogen-bond acceptors (Lipinski definition) is 4. The molecule has 1 heterocycles. The monoisotopic (exact) mass is 444 g/mol. The van der Waals surface area contributed by atoms with Crippen LogP contribution >= 0.6 is 0 Å². The maximum atomic E-state index is 12.4. The van der Waals surface area contributed by atoms with Crippen LogP contribution in [0.15, 0.2) is 72.8 Å². The highest BCUT2D eigenvalue weighted by Gasteiger charge is 2.15. The van der Waals surface area contributed by atoms with Gasteiger partial charge in [0.05, 0.1) is 18.9 Å². The summed E-state index contributed by atoms with van der Waals surface area (Å²) in [5.74, 6) is 1.39. The van der Waals surface area contributed by atoms with E-state index in [2.05, 4.69) is 22.8 Å². The number of hydrogen-bond donors (Lipinski definition) is 2. The van der Waals surface area contributed by atoms with Crippen molar-refractivity contribution < 1.29 is 19.1 Å². The van der Waals surface area contributed by atoms with E-state index in [1.54, 1.807) is 0 Å². The Morgan fingerprint density at radius 1 is 0.909 bits per heavy atom. The van der Waals surface area contributed by atoms with Crippen molar-refractivity contribution in [3.05, 3.63) is 83.9 Å². The van der Waals surface area contributed by atoms with Crippen molar-refractivity contribution in [3.8, 4) is 11.5 Å². The second-order valence-electron chi connectivity index (χ2n) is 7.95. The van der Waals surface area contributed by atoms with E-state index >= 15 is 0 Å². The van der Waals surface area contributed by atoms with Crippen LogP contribution in [0, 0.1) is 0 Å². The van der Waals surface area contributed by atoms with Gasteiger partial charge in [0.15, 0.2) is 0 Å². The van der Waals surface area contributed by atoms with E-state index in [1.165, 1.54) is 5.56 Å². The molecule has 4 rings (SSSR count). The minimum absolute atomic E-state index is 0.0466. The van der Waals surface area contributed by atoms with Gasteiger partial charge in [0.1, 0.15) is 11.5 Å². The Labute approximate surface area is 193 Å². The smallest absolute Gasteiger partial charge is 0.224 e. The third-order valence-electron chi connectivity index (χ3n) is 5.44. The fourth-order valence-electron chi connectivity index (χ4n) is 3.70. The van der Waals surface area contributed by atoms with Crippen molar-refractivity contribution in [2.45, 2.75) is 32.1 Å². The summed E-state index contributed by atoms with van der Waals surface area (Å²) in [4.78, 5) is 23.9. The van der Waals surface area contributed by atoms with Crippen LogP contribution < -0.4 is 20.1 Å². The average Bonchev–Trinajstić information content (AvgIpc) is 2.83. The molecule has 3 aromatic carbocycles. The second kappa shape index (κ2) is 11.2. The Morgan fingerprint density at radius 3 is 2.61 bits per heavy atom. The molecule has 0 atom stereocenters. The van der Waals surface area contributed by atoms with Crippen LogP contribution in [0.25, 0.3) is 0 Å². The van der Waals surface area contributed by atoms with Gasteiger partial charge in [-0.1, -0.05) is 42.5 Å². The molecule has 0 saturated heterocycles. The maximum Gasteiger partial charge on any atom is 0.224 e. The number of carbonyl (C=O) groups excluding carboxylic acids is 2. The van der Waals surface area contributed by atoms with Gasteiger partial charge >= 0.3 is 0 Å². The Kier molecular flexibility index (Phi) is 7.59. The van der Waals surface area contributed by atoms with Crippen molar-refractivity contribution in [1.82, 2.24) is 0 Å². The number of anilines is 2. The first kappa shape index (κ1) is 22.4. The number of carbonyl (C=O) groups is 2. The predicted octanol–water partition coefficient (Wildman–Crippen LogP) is 4.99. The molecule has 0 aromatic heterocycles. The highest BCUT2D eigenvalue weighted by Crippen LogP contribution is 2.27. The van der Waals surface area contributed by atoms with Crippen LogP contribution in [-0.4, -0.2) is 25.0 Å². The molecule has 33 heavy (non-hydrogen) atoms. The maximum absolute atomic E-state index is 12.4. The van der Waals surface area contributed by atoms with E-state index < -0.39 is 0 Å². The fraction of sp³-hybridized carbons (Fsp3) is 0.259. The van der Waals surface area contributed by atoms with E-state index in [9.17, 15) is 9.59 Å². The van der Waals surface area contributed by atoms with Crippen molar-refractivity contribution >= 4 is 23.2 Å². The minimum Gasteiger partial charge on any atom is -0.494 e. The Balaban J connectivity index is 1.20. The molecule has 0 unspecified atom stereocenters. The molecule has 2 N–H and O–H groups in total. The van der Waals surface area contributed by atoms with Gasteiger partial charge < -0.3 is 20.1 Å². The number of rotatable bonds is 10. The van der Waals surface area contributed by atoms with Crippen LogP contribution in [0.3, 0.4) is 0 Å². The molecule has 6 heteroatoms. The predicted molar refractivity (Wildman–Crippen MR) is 129 cm³/mol. The zero-order valence-electron chi connectivity index (χ0n) is 18.5. The number of fused-ring (bicyclic) bond motifs is 1. The van der Waals surface area contributed by atoms with Crippen LogP contribution in [0.1, 0.15) is 30.4 Å². The number of nitrogens with one attached hydrogen (secondary N) is 2. The van der Waals surface area contributed by atoms with E-state index in [1.807, 2.05) is 60.7 Å². The molecule has 1 aliphatic rings. The molecule has 6 nitrogen and oxygen atoms in total. The molecule has 0 spiro atoms. The quantitative estimate of drug-likeness (QED) is 0.432. The Morgan fingerprint density at radius 2 is 1.73 bits per heavy atom. The third kappa shape index (κ3) is 6.59. The lowest BCUT2D eigenvalue weighted by Crippen LogP contribution is -2.18. The van der Waals surface area contributed by atoms with Crippen LogP contribution in [0.5, 0.6) is 11.5 Å². The SMILES string of the molecule is O=C1CCc2cc(OCCCC(=O)Nc3ccccc3OCCc3ccccc3)ccc2N1. The van der Waals surface area contributed by atoms with Gasteiger partial charge in [0.2, 0.25) is 11.8 Å². The van der Waals surface area contributed by atoms with Crippen LogP contribution in [-0.2, 0) is 22.4 Å². The molecule has 2 amide bonds. The zero-order chi connectivity index (χ0) is 22.9. The molecule has 0 aliphatic carbocycles. The normalized spacial score (nSPS) is 12.4. The van der Waals surface area contributed by atoms with Gasteiger partial charge in [-0.3, -0.25) is 9.59 Å². The summed E-state index contributed by atoms with van der Waals surface area (Å²) >= 11 is 0. The Bertz CT molecular complexity index is 1100. The molecular weight excluding hydrogens is 416 g/mol. The Hall–Kier alpha value is -3.80. The zero-order valence-corrected chi connectivity index (χ0v) is 18.5. The van der Waals surface area contributed by atoms with Gasteiger partial charge in [-0.05, 0) is 54.3 Å². The summed E-state index contributed by atoms with van der Waals surface area (Å²) < 4.78 is 11.7. The van der Waals surface area contributed by atoms with E-state index in [4.69, 9.17) is 9.47 Å². The van der Waals surface area contributed by atoms with Gasteiger partial charge in [0, 0.05) is 24.9 Å². The minimum atomic E-state index is -0.0779. The second-order valence-corrected chi connectivity index (χ2v) is 7.95. The molecule has 0 fully saturated rings. The lowest BCUT2D eigenvalue weighted by molar-refractivity contribution is -0.117. The summed E-state index contributed by atoms with van der Waals surface area (Å²) in [5, 5.41) is 5.80. The number of ether oxygens (including phenoxy) is 2. The molecular formula is C27H28N2O4. The number of para-hydroxylation sites is 2. The van der Waals surface area contributed by atoms with Crippen LogP contribution in [0.2, 0.25) is 0 Å². The van der Waals surface area contributed by atoms with Crippen LogP contribution in [0.4, 0.5) is 11.4 Å². The standard InChI is InChI=1S/C27H28N2O4/c30-26(11-6-17-32-22-13-14-23-21(19-22)12-15-27(31)28-23)29-24-9-4-5-10-25(24)33-18-16-20-7-2-1-3-8-20/h1-5,7-10,13-14,19H,6,11-12,15-18H2,(H,28,31)(H,29,30). The molecule has 0 saturated carbocycles. The lowest BCUT2D eigenvalue weighted by atomic mass is 10.0. The topological polar surface area (TPSA) is 76.7 Å². The first-order valence-electron chi connectivity index (χ1n) is 11.3. The van der Waals surface area contributed by atoms with Gasteiger partial charge in [-0.25, -0.2) is 0 Å². The summed E-state index contributed by atoms with van der Waals surface area (Å²) in [7, 11) is 0. The van der Waals surface area contributed by atoms with Crippen molar-refractivity contribution in [2.75, 3.05) is 23.8 Å². The lowest BCUT2D eigenvalue weighted by Gasteiger charge is -2.17. The number of amides is 2. The summed E-state index contributed by atoms with van der Waals surface area (Å²) in [6, 6.07) is 23.3. The van der Waals surface area contributed by atoms with Gasteiger partial charge in [0.25, 0.3) is 0 Å².